The second-order valence-electron chi connectivity index (χ2n) is 4.14. The number of nitrogens with one attached hydrogen (secondary N) is 1. The number of nitrogens with two attached hydrogens (primary N) is 1. The number of hydrogen-bond acceptors (Lipinski definition) is 6. The summed E-state index contributed by atoms with van der Waals surface area (Å²) in [5.74, 6) is -1.17. The first-order chi connectivity index (χ1) is 9.92. The topological polar surface area (TPSA) is 115 Å². The van der Waals surface area contributed by atoms with Crippen molar-refractivity contribution in [1.29, 1.82) is 0 Å². The number of carboxylic acids is 1. The molecule has 0 radical (unpaired) electrons. The number of nitrogens with zero attached hydrogens (tertiary/aromatic N) is 1. The smallest absolute Gasteiger partial charge is 0.337 e. The fourth-order valence-electron chi connectivity index (χ4n) is 1.75. The van der Waals surface area contributed by atoms with Crippen LogP contribution in [0.3, 0.4) is 0 Å². The lowest BCUT2D eigenvalue weighted by Crippen LogP contribution is -2.14. The van der Waals surface area contributed by atoms with Crippen molar-refractivity contribution < 1.29 is 19.4 Å². The van der Waals surface area contributed by atoms with Gasteiger partial charge in [0.15, 0.2) is 5.13 Å². The number of methoxy groups -OCH3 is 1. The highest BCUT2D eigenvalue weighted by atomic mass is 32.1. The average Bonchev–Trinajstić information content (AvgIpc) is 2.77. The molecule has 0 fully saturated rings. The number of carbonyl (C=O) groups excluding carboxylic acids is 1. The van der Waals surface area contributed by atoms with Crippen molar-refractivity contribution >= 4 is 34.0 Å². The highest BCUT2D eigenvalue weighted by molar-refractivity contribution is 7.17. The van der Waals surface area contributed by atoms with Gasteiger partial charge in [-0.05, 0) is 19.1 Å². The number of amides is 1. The Bertz CT molecular complexity index is 711. The summed E-state index contributed by atoms with van der Waals surface area (Å²) in [4.78, 5) is 27.7. The van der Waals surface area contributed by atoms with Crippen molar-refractivity contribution in [1.82, 2.24) is 4.98 Å². The molecule has 0 bridgehead atoms. The minimum atomic E-state index is -1.14. The Hall–Kier alpha value is -2.61. The summed E-state index contributed by atoms with van der Waals surface area (Å²) < 4.78 is 5.03. The monoisotopic (exact) mass is 307 g/mol. The number of thiazole rings is 1. The number of carboxylic acid groups (broad SMARTS) is 1. The molecule has 0 atom stereocenters. The maximum Gasteiger partial charge on any atom is 0.337 e. The van der Waals surface area contributed by atoms with E-state index in [4.69, 9.17) is 15.6 Å². The minimum absolute atomic E-state index is 0.0284. The average molecular weight is 307 g/mol. The molecule has 0 saturated heterocycles. The number of anilines is 2. The fourth-order valence-corrected chi connectivity index (χ4v) is 2.48. The zero-order valence-corrected chi connectivity index (χ0v) is 12.2. The highest BCUT2D eigenvalue weighted by Crippen LogP contribution is 2.25. The molecule has 1 heterocycles. The van der Waals surface area contributed by atoms with Crippen LogP contribution in [0.15, 0.2) is 18.2 Å². The zero-order chi connectivity index (χ0) is 15.6. The number of nitrogen functional groups attached to an aromatic ring is 1. The molecular formula is C13H13N3O4S. The van der Waals surface area contributed by atoms with Crippen LogP contribution in [0.25, 0.3) is 0 Å². The number of rotatable bonds is 4. The van der Waals surface area contributed by atoms with Crippen LogP contribution in [-0.2, 0) is 0 Å². The van der Waals surface area contributed by atoms with Gasteiger partial charge in [-0.25, -0.2) is 9.78 Å². The standard InChI is InChI=1S/C13H13N3O4S/c1-6-10(21-13(14)15-6)11(17)16-9-5-7(20-2)3-4-8(9)12(18)19/h3-5H,1-2H3,(H2,14,15)(H,16,17)(H,18,19). The summed E-state index contributed by atoms with van der Waals surface area (Å²) in [5.41, 5.74) is 6.17. The Morgan fingerprint density at radius 3 is 2.67 bits per heavy atom. The lowest BCUT2D eigenvalue weighted by atomic mass is 10.1. The predicted molar refractivity (Wildman–Crippen MR) is 79.2 cm³/mol. The Morgan fingerprint density at radius 2 is 2.14 bits per heavy atom. The Labute approximate surface area is 124 Å². The van der Waals surface area contributed by atoms with E-state index in [2.05, 4.69) is 10.3 Å². The summed E-state index contributed by atoms with van der Waals surface area (Å²) in [7, 11) is 1.45. The van der Waals surface area contributed by atoms with Crippen molar-refractivity contribution in [2.45, 2.75) is 6.92 Å². The van der Waals surface area contributed by atoms with Crippen LogP contribution >= 0.6 is 11.3 Å². The first-order valence-electron chi connectivity index (χ1n) is 5.88. The molecule has 1 aromatic carbocycles. The van der Waals surface area contributed by atoms with Gasteiger partial charge < -0.3 is 20.9 Å². The Morgan fingerprint density at radius 1 is 1.43 bits per heavy atom. The van der Waals surface area contributed by atoms with Gasteiger partial charge in [0.05, 0.1) is 24.1 Å². The highest BCUT2D eigenvalue weighted by Gasteiger charge is 2.18. The molecule has 2 aromatic rings. The molecule has 1 aromatic heterocycles. The number of carbonyl (C=O) groups is 2. The molecule has 0 saturated carbocycles. The number of benzene rings is 1. The van der Waals surface area contributed by atoms with E-state index in [0.717, 1.165) is 11.3 Å². The van der Waals surface area contributed by atoms with Gasteiger partial charge in [0.25, 0.3) is 5.91 Å². The van der Waals surface area contributed by atoms with Gasteiger partial charge in [0.2, 0.25) is 0 Å². The third-order valence-corrected chi connectivity index (χ3v) is 3.71. The van der Waals surface area contributed by atoms with Crippen LogP contribution in [0.5, 0.6) is 5.75 Å². The van der Waals surface area contributed by atoms with Crippen LogP contribution in [0.4, 0.5) is 10.8 Å². The molecule has 0 aliphatic heterocycles. The maximum absolute atomic E-state index is 12.2. The largest absolute Gasteiger partial charge is 0.497 e. The molecule has 0 unspecified atom stereocenters. The SMILES string of the molecule is COc1ccc(C(=O)O)c(NC(=O)c2sc(N)nc2C)c1. The summed E-state index contributed by atoms with van der Waals surface area (Å²) in [6, 6.07) is 4.32. The molecule has 21 heavy (non-hydrogen) atoms. The van der Waals surface area contributed by atoms with Gasteiger partial charge in [-0.3, -0.25) is 4.79 Å². The van der Waals surface area contributed by atoms with Gasteiger partial charge >= 0.3 is 5.97 Å². The van der Waals surface area contributed by atoms with Gasteiger partial charge in [-0.1, -0.05) is 11.3 Å². The number of aromatic carboxylic acids is 1. The number of ether oxygens (including phenoxy) is 1. The Balaban J connectivity index is 2.35. The normalized spacial score (nSPS) is 10.2. The number of hydrogen-bond donors (Lipinski definition) is 3. The van der Waals surface area contributed by atoms with E-state index in [-0.39, 0.29) is 16.4 Å². The summed E-state index contributed by atoms with van der Waals surface area (Å²) >= 11 is 1.04. The molecule has 0 aliphatic carbocycles. The van der Waals surface area contributed by atoms with Crippen LogP contribution in [0.2, 0.25) is 0 Å². The third kappa shape index (κ3) is 3.11. The van der Waals surface area contributed by atoms with Gasteiger partial charge in [-0.15, -0.1) is 0 Å². The lowest BCUT2D eigenvalue weighted by molar-refractivity contribution is 0.0698. The first kappa shape index (κ1) is 14.8. The first-order valence-corrected chi connectivity index (χ1v) is 6.69. The molecule has 1 amide bonds. The van der Waals surface area contributed by atoms with E-state index in [1.165, 1.54) is 25.3 Å². The van der Waals surface area contributed by atoms with Crippen LogP contribution in [-0.4, -0.2) is 29.1 Å². The van der Waals surface area contributed by atoms with Crippen LogP contribution in [0, 0.1) is 6.92 Å². The van der Waals surface area contributed by atoms with E-state index in [0.29, 0.717) is 16.3 Å². The van der Waals surface area contributed by atoms with Crippen LogP contribution < -0.4 is 15.8 Å². The summed E-state index contributed by atoms with van der Waals surface area (Å²) in [6.45, 7) is 1.66. The van der Waals surface area contributed by atoms with Gasteiger partial charge in [-0.2, -0.15) is 0 Å². The van der Waals surface area contributed by atoms with Crippen molar-refractivity contribution in [2.75, 3.05) is 18.2 Å². The maximum atomic E-state index is 12.2. The van der Waals surface area contributed by atoms with E-state index < -0.39 is 11.9 Å². The van der Waals surface area contributed by atoms with Crippen molar-refractivity contribution in [3.63, 3.8) is 0 Å². The molecular weight excluding hydrogens is 294 g/mol. The molecule has 8 heteroatoms. The second-order valence-corrected chi connectivity index (χ2v) is 5.17. The summed E-state index contributed by atoms with van der Waals surface area (Å²) in [5, 5.41) is 12.0. The van der Waals surface area contributed by atoms with Crippen molar-refractivity contribution in [3.8, 4) is 5.75 Å². The predicted octanol–water partition coefficient (Wildman–Crippen LogP) is 1.99. The number of aromatic nitrogens is 1. The quantitative estimate of drug-likeness (QED) is 0.795. The minimum Gasteiger partial charge on any atom is -0.497 e. The van der Waals surface area contributed by atoms with Gasteiger partial charge in [0, 0.05) is 6.07 Å². The van der Waals surface area contributed by atoms with E-state index in [1.54, 1.807) is 6.92 Å². The van der Waals surface area contributed by atoms with E-state index in [9.17, 15) is 9.59 Å². The molecule has 0 spiro atoms. The van der Waals surface area contributed by atoms with Crippen LogP contribution in [0.1, 0.15) is 25.7 Å². The molecule has 110 valence electrons. The van der Waals surface area contributed by atoms with Gasteiger partial charge in [0.1, 0.15) is 10.6 Å². The fraction of sp³-hybridized carbons (Fsp3) is 0.154. The molecule has 2 rings (SSSR count). The lowest BCUT2D eigenvalue weighted by Gasteiger charge is -2.09. The van der Waals surface area contributed by atoms with E-state index in [1.807, 2.05) is 0 Å². The van der Waals surface area contributed by atoms with Crippen molar-refractivity contribution in [3.05, 3.63) is 34.3 Å². The Kier molecular flexibility index (Phi) is 4.08. The van der Waals surface area contributed by atoms with Crippen molar-refractivity contribution in [2.24, 2.45) is 0 Å². The van der Waals surface area contributed by atoms with E-state index >= 15 is 0 Å². The third-order valence-electron chi connectivity index (χ3n) is 2.72. The zero-order valence-electron chi connectivity index (χ0n) is 11.3. The summed E-state index contributed by atoms with van der Waals surface area (Å²) in [6.07, 6.45) is 0. The number of aryl methyl sites for hydroxylation is 1. The molecule has 4 N–H and O–H groups in total. The second kappa shape index (κ2) is 5.80. The molecule has 7 nitrogen and oxygen atoms in total. The molecule has 0 aliphatic rings.